The van der Waals surface area contributed by atoms with E-state index in [2.05, 4.69) is 10.00 Å². The first-order valence-electron chi connectivity index (χ1n) is 10.4. The van der Waals surface area contributed by atoms with Crippen LogP contribution < -0.4 is 9.47 Å². The minimum absolute atomic E-state index is 0.0128. The van der Waals surface area contributed by atoms with Crippen molar-refractivity contribution in [2.75, 3.05) is 33.0 Å². The van der Waals surface area contributed by atoms with Crippen molar-refractivity contribution in [2.45, 2.75) is 38.3 Å². The van der Waals surface area contributed by atoms with Crippen molar-refractivity contribution < 1.29 is 23.0 Å². The van der Waals surface area contributed by atoms with Crippen molar-refractivity contribution in [1.82, 2.24) is 19.6 Å². The third-order valence-electron chi connectivity index (χ3n) is 5.98. The van der Waals surface area contributed by atoms with E-state index in [0.717, 1.165) is 49.5 Å². The summed E-state index contributed by atoms with van der Waals surface area (Å²) in [6.07, 6.45) is -0.970. The van der Waals surface area contributed by atoms with Crippen LogP contribution in [0, 0.1) is 0 Å². The summed E-state index contributed by atoms with van der Waals surface area (Å²) in [5.41, 5.74) is 1.28. The molecule has 0 atom stereocenters. The Bertz CT molecular complexity index is 987. The van der Waals surface area contributed by atoms with E-state index in [4.69, 9.17) is 21.1 Å². The number of hydrogen-bond donors (Lipinski definition) is 0. The van der Waals surface area contributed by atoms with Gasteiger partial charge in [0.1, 0.15) is 12.2 Å². The van der Waals surface area contributed by atoms with E-state index in [1.807, 2.05) is 18.2 Å². The maximum absolute atomic E-state index is 13.2. The van der Waals surface area contributed by atoms with Gasteiger partial charge in [0, 0.05) is 38.6 Å². The minimum Gasteiger partial charge on any atom is -0.454 e. The van der Waals surface area contributed by atoms with Crippen LogP contribution in [0.15, 0.2) is 18.2 Å². The van der Waals surface area contributed by atoms with Crippen LogP contribution in [0.25, 0.3) is 0 Å². The van der Waals surface area contributed by atoms with Gasteiger partial charge in [-0.3, -0.25) is 14.4 Å². The number of benzene rings is 1. The van der Waals surface area contributed by atoms with Crippen LogP contribution in [0.1, 0.15) is 42.1 Å². The van der Waals surface area contributed by atoms with Crippen molar-refractivity contribution in [2.24, 2.45) is 0 Å². The number of carbonyl (C=O) groups excluding carboxylic acids is 1. The predicted molar refractivity (Wildman–Crippen MR) is 109 cm³/mol. The van der Waals surface area contributed by atoms with Crippen molar-refractivity contribution in [3.05, 3.63) is 40.2 Å². The standard InChI is InChI=1S/C21H23ClF2N4O3/c22-18-19(21(23)24)25-28(20(18)14-2-3-14)11-17(29)27-7-5-26(6-8-27)10-13-1-4-15-16(9-13)31-12-30-15/h1,4,9,14,21H,2-3,5-8,10-12H2. The van der Waals surface area contributed by atoms with Crippen LogP contribution in [0.3, 0.4) is 0 Å². The van der Waals surface area contributed by atoms with Gasteiger partial charge < -0.3 is 14.4 Å². The molecule has 1 aromatic heterocycles. The van der Waals surface area contributed by atoms with Gasteiger partial charge in [-0.25, -0.2) is 8.78 Å². The monoisotopic (exact) mass is 452 g/mol. The topological polar surface area (TPSA) is 59.8 Å². The summed E-state index contributed by atoms with van der Waals surface area (Å²) in [6, 6.07) is 5.92. The Morgan fingerprint density at radius 3 is 2.61 bits per heavy atom. The van der Waals surface area contributed by atoms with Gasteiger partial charge in [0.15, 0.2) is 11.5 Å². The number of aromatic nitrogens is 2. The average molecular weight is 453 g/mol. The molecule has 10 heteroatoms. The Labute approximate surface area is 183 Å². The fraction of sp³-hybridized carbons (Fsp3) is 0.524. The van der Waals surface area contributed by atoms with Gasteiger partial charge in [-0.05, 0) is 30.5 Å². The molecule has 3 heterocycles. The second kappa shape index (κ2) is 8.27. The molecule has 5 rings (SSSR count). The van der Waals surface area contributed by atoms with E-state index in [1.54, 1.807) is 4.90 Å². The van der Waals surface area contributed by atoms with Crippen molar-refractivity contribution in [1.29, 1.82) is 0 Å². The Balaban J connectivity index is 1.19. The molecular weight excluding hydrogens is 430 g/mol. The summed E-state index contributed by atoms with van der Waals surface area (Å²) >= 11 is 6.15. The summed E-state index contributed by atoms with van der Waals surface area (Å²) in [7, 11) is 0. The van der Waals surface area contributed by atoms with Crippen LogP contribution in [0.5, 0.6) is 11.5 Å². The molecule has 1 saturated heterocycles. The minimum atomic E-state index is -2.75. The number of piperazine rings is 1. The number of fused-ring (bicyclic) bond motifs is 1. The molecule has 2 aliphatic heterocycles. The Kier molecular flexibility index (Phi) is 5.47. The maximum Gasteiger partial charge on any atom is 0.283 e. The Hall–Kier alpha value is -2.39. The molecule has 3 aliphatic rings. The maximum atomic E-state index is 13.2. The molecular formula is C21H23ClF2N4O3. The smallest absolute Gasteiger partial charge is 0.283 e. The van der Waals surface area contributed by atoms with Crippen LogP contribution in [-0.2, 0) is 17.9 Å². The molecule has 2 aromatic rings. The van der Waals surface area contributed by atoms with Gasteiger partial charge >= 0.3 is 0 Å². The van der Waals surface area contributed by atoms with Crippen molar-refractivity contribution >= 4 is 17.5 Å². The van der Waals surface area contributed by atoms with Gasteiger partial charge in [-0.1, -0.05) is 17.7 Å². The van der Waals surface area contributed by atoms with Crippen LogP contribution in [0.4, 0.5) is 8.78 Å². The lowest BCUT2D eigenvalue weighted by Crippen LogP contribution is -2.49. The van der Waals surface area contributed by atoms with Crippen LogP contribution in [0.2, 0.25) is 5.02 Å². The van der Waals surface area contributed by atoms with E-state index in [9.17, 15) is 13.6 Å². The largest absolute Gasteiger partial charge is 0.454 e. The normalized spacial score (nSPS) is 18.8. The van der Waals surface area contributed by atoms with Gasteiger partial charge in [-0.2, -0.15) is 5.10 Å². The zero-order chi connectivity index (χ0) is 21.5. The number of rotatable bonds is 6. The number of halogens is 3. The molecule has 0 N–H and O–H groups in total. The molecule has 0 radical (unpaired) electrons. The van der Waals surface area contributed by atoms with E-state index in [-0.39, 0.29) is 30.2 Å². The zero-order valence-corrected chi connectivity index (χ0v) is 17.7. The summed E-state index contributed by atoms with van der Waals surface area (Å²) in [4.78, 5) is 16.9. The van der Waals surface area contributed by atoms with Crippen molar-refractivity contribution in [3.63, 3.8) is 0 Å². The Morgan fingerprint density at radius 1 is 1.16 bits per heavy atom. The first-order chi connectivity index (χ1) is 15.0. The third kappa shape index (κ3) is 4.21. The third-order valence-corrected chi connectivity index (χ3v) is 6.37. The molecule has 0 spiro atoms. The average Bonchev–Trinajstić information content (AvgIpc) is 3.38. The summed E-state index contributed by atoms with van der Waals surface area (Å²) in [5, 5.41) is 3.97. The number of ether oxygens (including phenoxy) is 2. The van der Waals surface area contributed by atoms with Gasteiger partial charge in [-0.15, -0.1) is 0 Å². The predicted octanol–water partition coefficient (Wildman–Crippen LogP) is 3.42. The van der Waals surface area contributed by atoms with Crippen LogP contribution >= 0.6 is 11.6 Å². The lowest BCUT2D eigenvalue weighted by molar-refractivity contribution is -0.133. The van der Waals surface area contributed by atoms with E-state index >= 15 is 0 Å². The highest BCUT2D eigenvalue weighted by Gasteiger charge is 2.35. The number of carbonyl (C=O) groups is 1. The fourth-order valence-electron chi connectivity index (χ4n) is 4.16. The first kappa shape index (κ1) is 20.5. The lowest BCUT2D eigenvalue weighted by Gasteiger charge is -2.34. The molecule has 2 fully saturated rings. The van der Waals surface area contributed by atoms with Crippen LogP contribution in [-0.4, -0.2) is 58.5 Å². The number of nitrogens with zero attached hydrogens (tertiary/aromatic N) is 4. The molecule has 31 heavy (non-hydrogen) atoms. The van der Waals surface area contributed by atoms with E-state index < -0.39 is 12.1 Å². The molecule has 1 saturated carbocycles. The fourth-order valence-corrected chi connectivity index (χ4v) is 4.53. The molecule has 1 amide bonds. The lowest BCUT2D eigenvalue weighted by atomic mass is 10.1. The number of amides is 1. The quantitative estimate of drug-likeness (QED) is 0.672. The molecule has 1 aromatic carbocycles. The number of hydrogen-bond acceptors (Lipinski definition) is 5. The first-order valence-corrected chi connectivity index (χ1v) is 10.8. The Morgan fingerprint density at radius 2 is 1.90 bits per heavy atom. The summed E-state index contributed by atoms with van der Waals surface area (Å²) < 4.78 is 38.6. The van der Waals surface area contributed by atoms with Crippen molar-refractivity contribution in [3.8, 4) is 11.5 Å². The van der Waals surface area contributed by atoms with E-state index in [1.165, 1.54) is 4.68 Å². The molecule has 0 unspecified atom stereocenters. The second-order valence-electron chi connectivity index (χ2n) is 8.16. The van der Waals surface area contributed by atoms with Gasteiger partial charge in [0.2, 0.25) is 12.7 Å². The molecule has 7 nitrogen and oxygen atoms in total. The van der Waals surface area contributed by atoms with E-state index in [0.29, 0.717) is 18.8 Å². The highest BCUT2D eigenvalue weighted by molar-refractivity contribution is 6.32. The SMILES string of the molecule is O=C(Cn1nc(C(F)F)c(Cl)c1C1CC1)N1CCN(Cc2ccc3c(c2)OCO3)CC1. The highest BCUT2D eigenvalue weighted by Crippen LogP contribution is 2.45. The molecule has 1 aliphatic carbocycles. The number of alkyl halides is 2. The van der Waals surface area contributed by atoms with Gasteiger partial charge in [0.25, 0.3) is 6.43 Å². The molecule has 0 bridgehead atoms. The second-order valence-corrected chi connectivity index (χ2v) is 8.54. The zero-order valence-electron chi connectivity index (χ0n) is 16.9. The van der Waals surface area contributed by atoms with Gasteiger partial charge in [0.05, 0.1) is 10.7 Å². The summed E-state index contributed by atoms with van der Waals surface area (Å²) in [5.74, 6) is 1.53. The molecule has 166 valence electrons. The summed E-state index contributed by atoms with van der Waals surface area (Å²) in [6.45, 7) is 3.59. The highest BCUT2D eigenvalue weighted by atomic mass is 35.5.